The van der Waals surface area contributed by atoms with Gasteiger partial charge in [0.05, 0.1) is 11.8 Å². The quantitative estimate of drug-likeness (QED) is 0.622. The van der Waals surface area contributed by atoms with Crippen LogP contribution in [0, 0.1) is 0 Å². The zero-order valence-corrected chi connectivity index (χ0v) is 18.4. The summed E-state index contributed by atoms with van der Waals surface area (Å²) in [5.74, 6) is 0.679. The van der Waals surface area contributed by atoms with Gasteiger partial charge in [0.15, 0.2) is 11.0 Å². The summed E-state index contributed by atoms with van der Waals surface area (Å²) in [6, 6.07) is -0.310. The number of aromatic nitrogens is 3. The molecular formula is C18H34N6O2S. The number of unbranched alkanes of at least 4 members (excludes halogenated alkanes) is 1. The molecule has 1 aromatic rings. The first kappa shape index (κ1) is 23.4. The predicted molar refractivity (Wildman–Crippen MR) is 109 cm³/mol. The number of thioether (sulfide) groups is 1. The second-order valence-corrected chi connectivity index (χ2v) is 8.72. The molecule has 0 spiro atoms. The summed E-state index contributed by atoms with van der Waals surface area (Å²) in [7, 11) is 4.06. The standard InChI is InChI=1S/C18H34N6O2S/c1-8-10-11-24-15(13(9-2)23(6)7)21-22-17(24)27-12-14(25)19-16(26)20-18(3,4)5/h13H,8-12H2,1-7H3,(H2,19,20,25,26)/t13-/m1/s1. The second-order valence-electron chi connectivity index (χ2n) is 7.77. The Labute approximate surface area is 166 Å². The fourth-order valence-corrected chi connectivity index (χ4v) is 3.39. The molecule has 0 radical (unpaired) electrons. The number of nitrogens with zero attached hydrogens (tertiary/aromatic N) is 4. The van der Waals surface area contributed by atoms with E-state index in [4.69, 9.17) is 0 Å². The lowest BCUT2D eigenvalue weighted by Crippen LogP contribution is -2.48. The van der Waals surface area contributed by atoms with Crippen molar-refractivity contribution in [3.63, 3.8) is 0 Å². The van der Waals surface area contributed by atoms with Crippen molar-refractivity contribution in [1.29, 1.82) is 0 Å². The maximum atomic E-state index is 12.1. The van der Waals surface area contributed by atoms with Gasteiger partial charge in [0.25, 0.3) is 0 Å². The van der Waals surface area contributed by atoms with Gasteiger partial charge in [-0.3, -0.25) is 15.0 Å². The minimum absolute atomic E-state index is 0.112. The van der Waals surface area contributed by atoms with E-state index in [9.17, 15) is 9.59 Å². The van der Waals surface area contributed by atoms with Crippen molar-refractivity contribution in [3.05, 3.63) is 5.82 Å². The summed E-state index contributed by atoms with van der Waals surface area (Å²) in [5, 5.41) is 14.5. The Morgan fingerprint density at radius 3 is 2.41 bits per heavy atom. The average Bonchev–Trinajstić information content (AvgIpc) is 2.92. The molecule has 1 heterocycles. The molecule has 0 saturated carbocycles. The van der Waals surface area contributed by atoms with E-state index in [1.165, 1.54) is 11.8 Å². The highest BCUT2D eigenvalue weighted by molar-refractivity contribution is 7.99. The first-order valence-corrected chi connectivity index (χ1v) is 10.4. The zero-order valence-electron chi connectivity index (χ0n) is 17.6. The van der Waals surface area contributed by atoms with Crippen LogP contribution in [0.15, 0.2) is 5.16 Å². The first-order chi connectivity index (χ1) is 12.6. The Morgan fingerprint density at radius 2 is 1.89 bits per heavy atom. The molecule has 0 aliphatic rings. The van der Waals surface area contributed by atoms with Crippen molar-refractivity contribution in [2.45, 2.75) is 77.2 Å². The molecule has 9 heteroatoms. The molecule has 0 unspecified atom stereocenters. The molecule has 0 aromatic carbocycles. The van der Waals surface area contributed by atoms with E-state index in [1.807, 2.05) is 34.9 Å². The van der Waals surface area contributed by atoms with E-state index >= 15 is 0 Å². The highest BCUT2D eigenvalue weighted by Gasteiger charge is 2.22. The third-order valence-corrected chi connectivity index (χ3v) is 4.83. The molecule has 27 heavy (non-hydrogen) atoms. The minimum Gasteiger partial charge on any atom is -0.333 e. The van der Waals surface area contributed by atoms with Crippen molar-refractivity contribution < 1.29 is 9.59 Å². The van der Waals surface area contributed by atoms with Crippen LogP contribution >= 0.6 is 11.8 Å². The molecular weight excluding hydrogens is 364 g/mol. The smallest absolute Gasteiger partial charge is 0.321 e. The van der Waals surface area contributed by atoms with E-state index < -0.39 is 11.6 Å². The van der Waals surface area contributed by atoms with Crippen LogP contribution in [0.3, 0.4) is 0 Å². The van der Waals surface area contributed by atoms with Crippen LogP contribution in [0.4, 0.5) is 4.79 Å². The van der Waals surface area contributed by atoms with Gasteiger partial charge in [-0.05, 0) is 47.7 Å². The summed E-state index contributed by atoms with van der Waals surface area (Å²) in [4.78, 5) is 26.0. The second kappa shape index (κ2) is 10.7. The maximum absolute atomic E-state index is 12.1. The third-order valence-electron chi connectivity index (χ3n) is 3.86. The van der Waals surface area contributed by atoms with E-state index in [1.54, 1.807) is 0 Å². The van der Waals surface area contributed by atoms with Crippen LogP contribution in [-0.4, -0.2) is 57.0 Å². The van der Waals surface area contributed by atoms with Gasteiger partial charge in [-0.15, -0.1) is 10.2 Å². The van der Waals surface area contributed by atoms with Gasteiger partial charge in [0, 0.05) is 12.1 Å². The molecule has 1 rings (SSSR count). The van der Waals surface area contributed by atoms with Crippen molar-refractivity contribution in [1.82, 2.24) is 30.3 Å². The lowest BCUT2D eigenvalue weighted by molar-refractivity contribution is -0.117. The molecule has 0 saturated heterocycles. The predicted octanol–water partition coefficient (Wildman–Crippen LogP) is 2.81. The molecule has 0 aliphatic heterocycles. The van der Waals surface area contributed by atoms with Crippen LogP contribution < -0.4 is 10.6 Å². The van der Waals surface area contributed by atoms with Crippen LogP contribution in [0.2, 0.25) is 0 Å². The van der Waals surface area contributed by atoms with Crippen LogP contribution in [-0.2, 0) is 11.3 Å². The van der Waals surface area contributed by atoms with E-state index in [0.717, 1.165) is 31.6 Å². The summed E-state index contributed by atoms with van der Waals surface area (Å²) < 4.78 is 2.10. The number of hydrogen-bond acceptors (Lipinski definition) is 6. The molecule has 154 valence electrons. The molecule has 3 amide bonds. The van der Waals surface area contributed by atoms with Gasteiger partial charge in [-0.1, -0.05) is 32.0 Å². The Hall–Kier alpha value is -1.61. The third kappa shape index (κ3) is 7.88. The first-order valence-electron chi connectivity index (χ1n) is 9.43. The van der Waals surface area contributed by atoms with Crippen molar-refractivity contribution in [3.8, 4) is 0 Å². The summed E-state index contributed by atoms with van der Waals surface area (Å²) in [6.45, 7) is 10.7. The lowest BCUT2D eigenvalue weighted by atomic mass is 10.1. The van der Waals surface area contributed by atoms with Gasteiger partial charge in [-0.25, -0.2) is 4.79 Å². The average molecular weight is 399 g/mol. The molecule has 0 fully saturated rings. The molecule has 0 bridgehead atoms. The van der Waals surface area contributed by atoms with E-state index in [2.05, 4.69) is 44.1 Å². The maximum Gasteiger partial charge on any atom is 0.321 e. The monoisotopic (exact) mass is 398 g/mol. The number of amides is 3. The van der Waals surface area contributed by atoms with Crippen molar-refractivity contribution >= 4 is 23.7 Å². The molecule has 2 N–H and O–H groups in total. The van der Waals surface area contributed by atoms with Gasteiger partial charge >= 0.3 is 6.03 Å². The van der Waals surface area contributed by atoms with Crippen molar-refractivity contribution in [2.24, 2.45) is 0 Å². The van der Waals surface area contributed by atoms with Gasteiger partial charge in [-0.2, -0.15) is 0 Å². The van der Waals surface area contributed by atoms with Crippen LogP contribution in [0.25, 0.3) is 0 Å². The Balaban J connectivity index is 2.80. The van der Waals surface area contributed by atoms with Gasteiger partial charge < -0.3 is 9.88 Å². The number of carbonyl (C=O) groups is 2. The largest absolute Gasteiger partial charge is 0.333 e. The topological polar surface area (TPSA) is 92.2 Å². The summed E-state index contributed by atoms with van der Waals surface area (Å²) in [5.41, 5.74) is -0.395. The molecule has 1 aromatic heterocycles. The van der Waals surface area contributed by atoms with E-state index in [0.29, 0.717) is 5.16 Å². The van der Waals surface area contributed by atoms with E-state index in [-0.39, 0.29) is 17.7 Å². The Bertz CT molecular complexity index is 624. The number of rotatable bonds is 9. The van der Waals surface area contributed by atoms with Crippen molar-refractivity contribution in [2.75, 3.05) is 19.8 Å². The fourth-order valence-electron chi connectivity index (χ4n) is 2.62. The number of carbonyl (C=O) groups excluding carboxylic acids is 2. The Morgan fingerprint density at radius 1 is 1.22 bits per heavy atom. The summed E-state index contributed by atoms with van der Waals surface area (Å²) in [6.07, 6.45) is 3.01. The number of hydrogen-bond donors (Lipinski definition) is 2. The molecule has 0 aliphatic carbocycles. The summed E-state index contributed by atoms with van der Waals surface area (Å²) >= 11 is 1.30. The Kier molecular flexibility index (Phi) is 9.25. The number of nitrogens with one attached hydrogen (secondary N) is 2. The molecule has 1 atom stereocenters. The van der Waals surface area contributed by atoms with Crippen LogP contribution in [0.5, 0.6) is 0 Å². The fraction of sp³-hybridized carbons (Fsp3) is 0.778. The number of urea groups is 1. The van der Waals surface area contributed by atoms with Gasteiger partial charge in [0.2, 0.25) is 5.91 Å². The number of imide groups is 1. The van der Waals surface area contributed by atoms with Gasteiger partial charge in [0.1, 0.15) is 0 Å². The zero-order chi connectivity index (χ0) is 20.6. The molecule has 8 nitrogen and oxygen atoms in total. The van der Waals surface area contributed by atoms with Crippen LogP contribution in [0.1, 0.15) is 65.7 Å². The normalized spacial score (nSPS) is 12.9. The highest BCUT2D eigenvalue weighted by atomic mass is 32.2. The lowest BCUT2D eigenvalue weighted by Gasteiger charge is -2.23. The minimum atomic E-state index is -0.486. The highest BCUT2D eigenvalue weighted by Crippen LogP contribution is 2.25. The SMILES string of the molecule is CCCCn1c(SCC(=O)NC(=O)NC(C)(C)C)nnc1[C@@H](CC)N(C)C.